The summed E-state index contributed by atoms with van der Waals surface area (Å²) >= 11 is 0. The Bertz CT molecular complexity index is 457. The Morgan fingerprint density at radius 1 is 1.18 bits per heavy atom. The molecule has 0 atom stereocenters. The largest absolute Gasteiger partial charge is 0.357 e. The maximum absolute atomic E-state index is 4.64. The lowest BCUT2D eigenvalue weighted by Crippen LogP contribution is -2.37. The van der Waals surface area contributed by atoms with E-state index in [2.05, 4.69) is 44.2 Å². The fraction of sp³-hybridized carbons (Fsp3) is 0.800. The number of aryl methyl sites for hydroxylation is 1. The molecule has 1 aliphatic heterocycles. The van der Waals surface area contributed by atoms with Crippen molar-refractivity contribution >= 4 is 29.9 Å². The lowest BCUT2D eigenvalue weighted by Gasteiger charge is -2.11. The molecule has 7 heteroatoms. The smallest absolute Gasteiger partial charge is 0.191 e. The molecule has 1 aromatic heterocycles. The van der Waals surface area contributed by atoms with Gasteiger partial charge < -0.3 is 15.2 Å². The summed E-state index contributed by atoms with van der Waals surface area (Å²) in [4.78, 5) is 4.64. The van der Waals surface area contributed by atoms with Gasteiger partial charge in [-0.1, -0.05) is 19.8 Å². The monoisotopic (exact) mass is 420 g/mol. The molecule has 0 fully saturated rings. The first-order valence-corrected chi connectivity index (χ1v) is 8.28. The first-order valence-electron chi connectivity index (χ1n) is 8.28. The summed E-state index contributed by atoms with van der Waals surface area (Å²) in [5, 5.41) is 15.3. The van der Waals surface area contributed by atoms with E-state index in [1.54, 1.807) is 0 Å². The lowest BCUT2D eigenvalue weighted by atomic mass is 10.2. The van der Waals surface area contributed by atoms with E-state index in [9.17, 15) is 0 Å². The van der Waals surface area contributed by atoms with E-state index >= 15 is 0 Å². The summed E-state index contributed by atoms with van der Waals surface area (Å²) < 4.78 is 2.26. The molecule has 0 aromatic carbocycles. The average molecular weight is 420 g/mol. The molecule has 0 saturated carbocycles. The van der Waals surface area contributed by atoms with Gasteiger partial charge in [0.25, 0.3) is 0 Å². The number of unbranched alkanes of at least 4 members (excludes halogenated alkanes) is 1. The number of aliphatic imine (C=N–C) groups is 1. The topological polar surface area (TPSA) is 67.1 Å². The van der Waals surface area contributed by atoms with Crippen LogP contribution in [0.1, 0.15) is 57.6 Å². The number of halogens is 1. The van der Waals surface area contributed by atoms with Crippen molar-refractivity contribution in [3.63, 3.8) is 0 Å². The maximum Gasteiger partial charge on any atom is 0.191 e. The first kappa shape index (κ1) is 19.2. The minimum atomic E-state index is 0. The number of nitrogens with one attached hydrogen (secondary N) is 2. The van der Waals surface area contributed by atoms with Gasteiger partial charge in [-0.2, -0.15) is 0 Å². The Kier molecular flexibility index (Phi) is 9.42. The Hall–Kier alpha value is -0.860. The molecule has 0 unspecified atom stereocenters. The normalized spacial score (nSPS) is 14.7. The number of guanidine groups is 1. The van der Waals surface area contributed by atoms with Gasteiger partial charge in [0.05, 0.1) is 0 Å². The molecule has 0 amide bonds. The highest BCUT2D eigenvalue weighted by Crippen LogP contribution is 2.14. The Balaban J connectivity index is 0.00000242. The van der Waals surface area contributed by atoms with Crippen molar-refractivity contribution < 1.29 is 0 Å². The van der Waals surface area contributed by atoms with Crippen LogP contribution >= 0.6 is 24.0 Å². The Morgan fingerprint density at radius 2 is 2.05 bits per heavy atom. The summed E-state index contributed by atoms with van der Waals surface area (Å²) in [6.07, 6.45) is 7.12. The summed E-state index contributed by atoms with van der Waals surface area (Å²) in [7, 11) is 0. The van der Waals surface area contributed by atoms with Gasteiger partial charge in [-0.15, -0.1) is 34.2 Å². The van der Waals surface area contributed by atoms with E-state index in [1.165, 1.54) is 25.7 Å². The predicted octanol–water partition coefficient (Wildman–Crippen LogP) is 2.48. The van der Waals surface area contributed by atoms with Crippen LogP contribution in [0.2, 0.25) is 0 Å². The first-order chi connectivity index (χ1) is 10.3. The molecule has 2 N–H and O–H groups in total. The maximum atomic E-state index is 4.64. The number of hydrogen-bond acceptors (Lipinski definition) is 3. The van der Waals surface area contributed by atoms with Crippen LogP contribution in [0.4, 0.5) is 0 Å². The van der Waals surface area contributed by atoms with E-state index in [0.717, 1.165) is 50.1 Å². The third kappa shape index (κ3) is 5.73. The molecule has 1 aliphatic rings. The minimum absolute atomic E-state index is 0. The molecule has 0 aliphatic carbocycles. The Morgan fingerprint density at radius 3 is 2.82 bits per heavy atom. The molecule has 0 spiro atoms. The van der Waals surface area contributed by atoms with Crippen LogP contribution in [0, 0.1) is 0 Å². The fourth-order valence-electron chi connectivity index (χ4n) is 2.54. The Labute approximate surface area is 150 Å². The van der Waals surface area contributed by atoms with Crippen LogP contribution in [0.5, 0.6) is 0 Å². The van der Waals surface area contributed by atoms with Gasteiger partial charge in [-0.25, -0.2) is 4.99 Å². The summed E-state index contributed by atoms with van der Waals surface area (Å²) in [5.41, 5.74) is 0. The van der Waals surface area contributed by atoms with Crippen LogP contribution < -0.4 is 10.6 Å². The van der Waals surface area contributed by atoms with Gasteiger partial charge in [0.2, 0.25) is 0 Å². The minimum Gasteiger partial charge on any atom is -0.357 e. The molecule has 126 valence electrons. The van der Waals surface area contributed by atoms with Crippen molar-refractivity contribution in [2.45, 2.75) is 65.5 Å². The van der Waals surface area contributed by atoms with Gasteiger partial charge in [0.1, 0.15) is 12.4 Å². The van der Waals surface area contributed by atoms with E-state index < -0.39 is 0 Å². The van der Waals surface area contributed by atoms with E-state index in [1.807, 2.05) is 0 Å². The third-order valence-corrected chi connectivity index (χ3v) is 3.73. The third-order valence-electron chi connectivity index (χ3n) is 3.73. The lowest BCUT2D eigenvalue weighted by molar-refractivity contribution is 0.605. The summed E-state index contributed by atoms with van der Waals surface area (Å²) in [5.74, 6) is 2.98. The molecule has 6 nitrogen and oxygen atoms in total. The molecule has 22 heavy (non-hydrogen) atoms. The van der Waals surface area contributed by atoms with Gasteiger partial charge in [0, 0.05) is 26.1 Å². The van der Waals surface area contributed by atoms with Crippen molar-refractivity contribution in [3.05, 3.63) is 11.6 Å². The zero-order valence-electron chi connectivity index (χ0n) is 13.8. The van der Waals surface area contributed by atoms with E-state index in [4.69, 9.17) is 0 Å². The highest BCUT2D eigenvalue weighted by Gasteiger charge is 2.14. The predicted molar refractivity (Wildman–Crippen MR) is 101 cm³/mol. The van der Waals surface area contributed by atoms with Crippen LogP contribution in [-0.4, -0.2) is 33.8 Å². The zero-order chi connectivity index (χ0) is 14.9. The van der Waals surface area contributed by atoms with Crippen LogP contribution in [0.15, 0.2) is 4.99 Å². The fourth-order valence-corrected chi connectivity index (χ4v) is 2.54. The molecule has 0 radical (unpaired) electrons. The van der Waals surface area contributed by atoms with E-state index in [0.29, 0.717) is 6.54 Å². The van der Waals surface area contributed by atoms with Crippen LogP contribution in [-0.2, 0) is 19.5 Å². The second-order valence-corrected chi connectivity index (χ2v) is 5.47. The van der Waals surface area contributed by atoms with Crippen molar-refractivity contribution in [2.75, 3.05) is 13.1 Å². The van der Waals surface area contributed by atoms with Crippen molar-refractivity contribution in [1.82, 2.24) is 25.4 Å². The number of rotatable bonds is 6. The van der Waals surface area contributed by atoms with Crippen LogP contribution in [0.3, 0.4) is 0 Å². The van der Waals surface area contributed by atoms with Gasteiger partial charge in [-0.3, -0.25) is 0 Å². The average Bonchev–Trinajstić information content (AvgIpc) is 2.72. The van der Waals surface area contributed by atoms with Crippen molar-refractivity contribution in [3.8, 4) is 0 Å². The molecular weight excluding hydrogens is 391 g/mol. The summed E-state index contributed by atoms with van der Waals surface area (Å²) in [6, 6.07) is 0. The number of fused-ring (bicyclic) bond motifs is 1. The highest BCUT2D eigenvalue weighted by atomic mass is 127. The van der Waals surface area contributed by atoms with Crippen LogP contribution in [0.25, 0.3) is 0 Å². The highest BCUT2D eigenvalue weighted by molar-refractivity contribution is 14.0. The van der Waals surface area contributed by atoms with E-state index in [-0.39, 0.29) is 24.0 Å². The zero-order valence-corrected chi connectivity index (χ0v) is 16.1. The quantitative estimate of drug-likeness (QED) is 0.321. The number of hydrogen-bond donors (Lipinski definition) is 2. The SMILES string of the molecule is CCCCNC(=NCc1nnc2n1CCCCC2)NCC.I. The molecule has 0 saturated heterocycles. The molecule has 0 bridgehead atoms. The molecule has 2 heterocycles. The van der Waals surface area contributed by atoms with Crippen molar-refractivity contribution in [1.29, 1.82) is 0 Å². The number of nitrogens with zero attached hydrogens (tertiary/aromatic N) is 4. The molecular formula is C15H29IN6. The standard InChI is InChI=1S/C15H28N6.HI/c1-3-5-10-17-15(16-4-2)18-12-14-20-19-13-9-7-6-8-11-21(13)14;/h3-12H2,1-2H3,(H2,16,17,18);1H. The molecule has 2 rings (SSSR count). The summed E-state index contributed by atoms with van der Waals surface area (Å²) in [6.45, 7) is 7.73. The van der Waals surface area contributed by atoms with Gasteiger partial charge in [0.15, 0.2) is 11.8 Å². The van der Waals surface area contributed by atoms with Crippen molar-refractivity contribution in [2.24, 2.45) is 4.99 Å². The van der Waals surface area contributed by atoms with Gasteiger partial charge >= 0.3 is 0 Å². The van der Waals surface area contributed by atoms with Gasteiger partial charge in [-0.05, 0) is 26.2 Å². The number of aromatic nitrogens is 3. The second kappa shape index (κ2) is 10.8. The molecule has 1 aromatic rings. The second-order valence-electron chi connectivity index (χ2n) is 5.47.